The molecule has 1 N–H and O–H groups in total. The number of anilines is 1. The summed E-state index contributed by atoms with van der Waals surface area (Å²) in [7, 11) is 0. The molecule has 1 aliphatic heterocycles. The van der Waals surface area contributed by atoms with Gasteiger partial charge in [0.2, 0.25) is 5.91 Å². The lowest BCUT2D eigenvalue weighted by molar-refractivity contribution is -0.145. The lowest BCUT2D eigenvalue weighted by Crippen LogP contribution is -2.43. The summed E-state index contributed by atoms with van der Waals surface area (Å²) >= 11 is 0. The summed E-state index contributed by atoms with van der Waals surface area (Å²) in [5.41, 5.74) is 0.750. The predicted octanol–water partition coefficient (Wildman–Crippen LogP) is 1.91. The van der Waals surface area contributed by atoms with Gasteiger partial charge in [0.15, 0.2) is 0 Å². The lowest BCUT2D eigenvalue weighted by atomic mass is 9.94. The van der Waals surface area contributed by atoms with Crippen LogP contribution in [0.25, 0.3) is 0 Å². The van der Waals surface area contributed by atoms with Gasteiger partial charge in [-0.2, -0.15) is 0 Å². The Kier molecular flexibility index (Phi) is 3.34. The van der Waals surface area contributed by atoms with Crippen molar-refractivity contribution in [2.75, 3.05) is 18.1 Å². The van der Waals surface area contributed by atoms with Gasteiger partial charge in [0, 0.05) is 0 Å². The van der Waals surface area contributed by atoms with Gasteiger partial charge < -0.3 is 14.7 Å². The number of rotatable bonds is 2. The Bertz CT molecular complexity index is 542. The van der Waals surface area contributed by atoms with Crippen molar-refractivity contribution in [1.82, 2.24) is 0 Å². The van der Waals surface area contributed by atoms with Crippen LogP contribution in [0.5, 0.6) is 5.75 Å². The fourth-order valence-corrected chi connectivity index (χ4v) is 3.15. The fourth-order valence-electron chi connectivity index (χ4n) is 3.15. The first-order valence-corrected chi connectivity index (χ1v) is 6.94. The number of hydrogen-bond acceptors (Lipinski definition) is 3. The van der Waals surface area contributed by atoms with Crippen molar-refractivity contribution in [3.8, 4) is 5.75 Å². The molecule has 2 atom stereocenters. The number of ether oxygens (including phenoxy) is 1. The Morgan fingerprint density at radius 1 is 1.20 bits per heavy atom. The second-order valence-corrected chi connectivity index (χ2v) is 5.29. The van der Waals surface area contributed by atoms with Gasteiger partial charge in [-0.15, -0.1) is 0 Å². The maximum atomic E-state index is 12.7. The molecule has 1 aromatic carbocycles. The highest BCUT2D eigenvalue weighted by molar-refractivity contribution is 5.99. The number of benzene rings is 1. The number of aliphatic carboxylic acids is 1. The molecule has 3 rings (SSSR count). The molecule has 1 amide bonds. The average Bonchev–Trinajstić information content (AvgIpc) is 2.95. The van der Waals surface area contributed by atoms with Crippen molar-refractivity contribution in [1.29, 1.82) is 0 Å². The minimum atomic E-state index is -0.859. The van der Waals surface area contributed by atoms with Crippen LogP contribution in [-0.4, -0.2) is 30.1 Å². The van der Waals surface area contributed by atoms with Crippen molar-refractivity contribution in [2.45, 2.75) is 19.3 Å². The lowest BCUT2D eigenvalue weighted by Gasteiger charge is -2.32. The van der Waals surface area contributed by atoms with Crippen molar-refractivity contribution < 1.29 is 19.4 Å². The van der Waals surface area contributed by atoms with E-state index >= 15 is 0 Å². The Hall–Kier alpha value is -2.04. The second kappa shape index (κ2) is 5.15. The van der Waals surface area contributed by atoms with Crippen LogP contribution in [-0.2, 0) is 9.59 Å². The zero-order valence-corrected chi connectivity index (χ0v) is 11.1. The van der Waals surface area contributed by atoms with Crippen molar-refractivity contribution >= 4 is 17.6 Å². The molecule has 0 radical (unpaired) electrons. The molecule has 0 unspecified atom stereocenters. The number of carbonyl (C=O) groups is 2. The molecule has 0 aromatic heterocycles. The smallest absolute Gasteiger partial charge is 0.307 e. The molecular weight excluding hydrogens is 258 g/mol. The third-order valence-electron chi connectivity index (χ3n) is 4.14. The monoisotopic (exact) mass is 275 g/mol. The van der Waals surface area contributed by atoms with Crippen LogP contribution in [0.4, 0.5) is 5.69 Å². The molecule has 0 bridgehead atoms. The molecule has 5 heteroatoms. The standard InChI is InChI=1S/C15H17NO4/c17-14(10-4-3-5-11(10)15(18)19)16-8-9-20-13-7-2-1-6-12(13)16/h1-2,6-7,10-11H,3-5,8-9H2,(H,18,19)/t10-,11+/m1/s1. The van der Waals surface area contributed by atoms with E-state index in [1.807, 2.05) is 24.3 Å². The third kappa shape index (κ3) is 2.13. The van der Waals surface area contributed by atoms with Crippen LogP contribution < -0.4 is 9.64 Å². The van der Waals surface area contributed by atoms with Gasteiger partial charge in [0.05, 0.1) is 24.1 Å². The Morgan fingerprint density at radius 3 is 2.75 bits per heavy atom. The van der Waals surface area contributed by atoms with Crippen LogP contribution in [0, 0.1) is 11.8 Å². The second-order valence-electron chi connectivity index (χ2n) is 5.29. The minimum absolute atomic E-state index is 0.0781. The Balaban J connectivity index is 1.87. The van der Waals surface area contributed by atoms with Crippen molar-refractivity contribution in [3.05, 3.63) is 24.3 Å². The number of fused-ring (bicyclic) bond motifs is 1. The molecule has 1 aliphatic carbocycles. The van der Waals surface area contributed by atoms with Gasteiger partial charge in [0.25, 0.3) is 0 Å². The molecule has 2 aliphatic rings. The van der Waals surface area contributed by atoms with Gasteiger partial charge in [0.1, 0.15) is 12.4 Å². The zero-order valence-electron chi connectivity index (χ0n) is 11.1. The Labute approximate surface area is 117 Å². The molecule has 1 aromatic rings. The molecule has 106 valence electrons. The van der Waals surface area contributed by atoms with E-state index in [1.165, 1.54) is 0 Å². The van der Waals surface area contributed by atoms with E-state index in [-0.39, 0.29) is 5.91 Å². The van der Waals surface area contributed by atoms with E-state index < -0.39 is 17.8 Å². The molecule has 1 fully saturated rings. The van der Waals surface area contributed by atoms with Crippen LogP contribution in [0.3, 0.4) is 0 Å². The number of carboxylic acids is 1. The summed E-state index contributed by atoms with van der Waals surface area (Å²) in [6, 6.07) is 7.40. The molecule has 0 spiro atoms. The van der Waals surface area contributed by atoms with Crippen molar-refractivity contribution in [3.63, 3.8) is 0 Å². The van der Waals surface area contributed by atoms with Crippen molar-refractivity contribution in [2.24, 2.45) is 11.8 Å². The van der Waals surface area contributed by atoms with Gasteiger partial charge in [-0.3, -0.25) is 9.59 Å². The highest BCUT2D eigenvalue weighted by Crippen LogP contribution is 2.37. The molecule has 5 nitrogen and oxygen atoms in total. The summed E-state index contributed by atoms with van der Waals surface area (Å²) in [6.45, 7) is 0.936. The van der Waals surface area contributed by atoms with Gasteiger partial charge in [-0.05, 0) is 25.0 Å². The average molecular weight is 275 g/mol. The Morgan fingerprint density at radius 2 is 1.95 bits per heavy atom. The number of amides is 1. The van der Waals surface area contributed by atoms with Crippen LogP contribution in [0.2, 0.25) is 0 Å². The van der Waals surface area contributed by atoms with E-state index in [0.717, 1.165) is 12.1 Å². The largest absolute Gasteiger partial charge is 0.490 e. The zero-order chi connectivity index (χ0) is 14.1. The topological polar surface area (TPSA) is 66.8 Å². The predicted molar refractivity (Wildman–Crippen MR) is 72.8 cm³/mol. The summed E-state index contributed by atoms with van der Waals surface area (Å²) in [5, 5.41) is 9.23. The van der Waals surface area contributed by atoms with Crippen LogP contribution in [0.1, 0.15) is 19.3 Å². The maximum Gasteiger partial charge on any atom is 0.307 e. The van der Waals surface area contributed by atoms with Crippen LogP contribution >= 0.6 is 0 Å². The molecule has 1 saturated carbocycles. The highest BCUT2D eigenvalue weighted by atomic mass is 16.5. The first-order chi connectivity index (χ1) is 9.68. The van der Waals surface area contributed by atoms with E-state index in [2.05, 4.69) is 0 Å². The van der Waals surface area contributed by atoms with E-state index in [0.29, 0.717) is 31.7 Å². The van der Waals surface area contributed by atoms with Gasteiger partial charge in [-0.25, -0.2) is 0 Å². The third-order valence-corrected chi connectivity index (χ3v) is 4.14. The summed E-state index contributed by atoms with van der Waals surface area (Å²) in [4.78, 5) is 25.6. The summed E-state index contributed by atoms with van der Waals surface area (Å²) in [6.07, 6.45) is 2.06. The van der Waals surface area contributed by atoms with Gasteiger partial charge in [-0.1, -0.05) is 18.6 Å². The normalized spacial score (nSPS) is 24.9. The first-order valence-electron chi connectivity index (χ1n) is 6.94. The fraction of sp³-hybridized carbons (Fsp3) is 0.467. The molecular formula is C15H17NO4. The number of carbonyl (C=O) groups excluding carboxylic acids is 1. The SMILES string of the molecule is O=C(O)[C@H]1CCC[C@H]1C(=O)N1CCOc2ccccc21. The minimum Gasteiger partial charge on any atom is -0.490 e. The quantitative estimate of drug-likeness (QED) is 0.895. The van der Waals surface area contributed by atoms with E-state index in [4.69, 9.17) is 4.74 Å². The summed E-state index contributed by atoms with van der Waals surface area (Å²) < 4.78 is 5.53. The number of nitrogens with zero attached hydrogens (tertiary/aromatic N) is 1. The number of carboxylic acid groups (broad SMARTS) is 1. The molecule has 20 heavy (non-hydrogen) atoms. The van der Waals surface area contributed by atoms with Gasteiger partial charge >= 0.3 is 5.97 Å². The summed E-state index contributed by atoms with van der Waals surface area (Å²) in [5.74, 6) is -1.19. The first kappa shape index (κ1) is 13.0. The maximum absolute atomic E-state index is 12.7. The van der Waals surface area contributed by atoms with E-state index in [9.17, 15) is 14.7 Å². The van der Waals surface area contributed by atoms with E-state index in [1.54, 1.807) is 4.90 Å². The van der Waals surface area contributed by atoms with Crippen LogP contribution in [0.15, 0.2) is 24.3 Å². The number of hydrogen-bond donors (Lipinski definition) is 1. The molecule has 1 heterocycles. The highest BCUT2D eigenvalue weighted by Gasteiger charge is 2.40. The number of para-hydroxylation sites is 2. The molecule has 0 saturated heterocycles.